The largest absolute Gasteiger partial charge is 0.376 e. The number of hydrogen-bond acceptors (Lipinski definition) is 4. The third-order valence-electron chi connectivity index (χ3n) is 4.66. The van der Waals surface area contributed by atoms with Gasteiger partial charge in [-0.15, -0.1) is 0 Å². The molecule has 2 N–H and O–H groups in total. The van der Waals surface area contributed by atoms with Crippen molar-refractivity contribution in [2.75, 3.05) is 30.3 Å². The van der Waals surface area contributed by atoms with E-state index in [0.717, 1.165) is 25.7 Å². The Balaban J connectivity index is 1.58. The average molecular weight is 422 g/mol. The van der Waals surface area contributed by atoms with Crippen molar-refractivity contribution in [3.8, 4) is 0 Å². The first-order valence-corrected chi connectivity index (χ1v) is 11.2. The molecule has 0 bridgehead atoms. The first kappa shape index (κ1) is 20.6. The summed E-state index contributed by atoms with van der Waals surface area (Å²) >= 11 is 6.02. The number of rotatable bonds is 6. The van der Waals surface area contributed by atoms with Crippen molar-refractivity contribution >= 4 is 38.9 Å². The summed E-state index contributed by atoms with van der Waals surface area (Å²) in [6.07, 6.45) is 3.95. The zero-order valence-corrected chi connectivity index (χ0v) is 17.1. The molecular weight excluding hydrogens is 398 g/mol. The number of para-hydroxylation sites is 1. The van der Waals surface area contributed by atoms with Crippen molar-refractivity contribution < 1.29 is 13.2 Å². The minimum Gasteiger partial charge on any atom is -0.376 e. The second-order valence-corrected chi connectivity index (χ2v) is 9.07. The summed E-state index contributed by atoms with van der Waals surface area (Å²) < 4.78 is 27.1. The first-order chi connectivity index (χ1) is 13.5. The number of nitrogens with zero attached hydrogens (tertiary/aromatic N) is 1. The van der Waals surface area contributed by atoms with Crippen LogP contribution in [0.15, 0.2) is 53.4 Å². The Bertz CT molecular complexity index is 909. The summed E-state index contributed by atoms with van der Waals surface area (Å²) in [5, 5.41) is 6.19. The molecule has 8 heteroatoms. The van der Waals surface area contributed by atoms with Gasteiger partial charge in [0.25, 0.3) is 0 Å². The van der Waals surface area contributed by atoms with E-state index in [4.69, 9.17) is 11.6 Å². The molecular formula is C20H24ClN3O3S. The maximum Gasteiger partial charge on any atom is 0.243 e. The van der Waals surface area contributed by atoms with Crippen molar-refractivity contribution in [1.29, 1.82) is 0 Å². The molecule has 1 aliphatic heterocycles. The lowest BCUT2D eigenvalue weighted by Gasteiger charge is -2.20. The Morgan fingerprint density at radius 2 is 1.61 bits per heavy atom. The number of halogens is 1. The van der Waals surface area contributed by atoms with Crippen LogP contribution in [0.4, 0.5) is 11.4 Å². The number of carbonyl (C=O) groups is 1. The van der Waals surface area contributed by atoms with Gasteiger partial charge in [-0.3, -0.25) is 4.79 Å². The minimum absolute atomic E-state index is 0.0451. The fourth-order valence-electron chi connectivity index (χ4n) is 3.12. The van der Waals surface area contributed by atoms with Gasteiger partial charge in [0, 0.05) is 18.8 Å². The van der Waals surface area contributed by atoms with Crippen molar-refractivity contribution in [3.63, 3.8) is 0 Å². The molecule has 1 fully saturated rings. The molecule has 1 amide bonds. The average Bonchev–Trinajstić information content (AvgIpc) is 2.99. The van der Waals surface area contributed by atoms with Gasteiger partial charge in [-0.25, -0.2) is 8.42 Å². The van der Waals surface area contributed by atoms with E-state index in [1.54, 1.807) is 52.8 Å². The molecule has 3 rings (SSSR count). The number of benzene rings is 2. The Kier molecular flexibility index (Phi) is 6.93. The summed E-state index contributed by atoms with van der Waals surface area (Å²) in [6.45, 7) is 1.19. The van der Waals surface area contributed by atoms with E-state index >= 15 is 0 Å². The van der Waals surface area contributed by atoms with Gasteiger partial charge in [0.2, 0.25) is 15.9 Å². The number of anilines is 2. The summed E-state index contributed by atoms with van der Waals surface area (Å²) in [6, 6.07) is 13.5. The molecule has 0 saturated carbocycles. The van der Waals surface area contributed by atoms with Crippen molar-refractivity contribution in [1.82, 2.24) is 4.31 Å². The normalized spacial score (nSPS) is 15.6. The highest BCUT2D eigenvalue weighted by molar-refractivity contribution is 7.89. The second kappa shape index (κ2) is 9.41. The van der Waals surface area contributed by atoms with Crippen LogP contribution in [0.2, 0.25) is 5.02 Å². The van der Waals surface area contributed by atoms with Gasteiger partial charge < -0.3 is 10.6 Å². The molecule has 0 aromatic heterocycles. The molecule has 0 radical (unpaired) electrons. The lowest BCUT2D eigenvalue weighted by molar-refractivity contribution is -0.114. The maximum atomic E-state index is 12.8. The number of nitrogens with one attached hydrogen (secondary N) is 2. The highest BCUT2D eigenvalue weighted by Gasteiger charge is 2.24. The molecule has 1 saturated heterocycles. The lowest BCUT2D eigenvalue weighted by Crippen LogP contribution is -2.31. The Hall–Kier alpha value is -2.09. The smallest absolute Gasteiger partial charge is 0.243 e. The molecule has 1 heterocycles. The summed E-state index contributed by atoms with van der Waals surface area (Å²) in [5.41, 5.74) is 1.22. The lowest BCUT2D eigenvalue weighted by atomic mass is 10.2. The van der Waals surface area contributed by atoms with E-state index < -0.39 is 10.0 Å². The molecule has 150 valence electrons. The van der Waals surface area contributed by atoms with Gasteiger partial charge in [0.15, 0.2) is 0 Å². The van der Waals surface area contributed by atoms with Crippen LogP contribution in [-0.2, 0) is 14.8 Å². The van der Waals surface area contributed by atoms with Crippen LogP contribution in [0.1, 0.15) is 25.7 Å². The minimum atomic E-state index is -3.47. The van der Waals surface area contributed by atoms with E-state index in [1.807, 2.05) is 0 Å². The highest BCUT2D eigenvalue weighted by atomic mass is 35.5. The van der Waals surface area contributed by atoms with Gasteiger partial charge in [-0.05, 0) is 49.2 Å². The van der Waals surface area contributed by atoms with E-state index in [2.05, 4.69) is 10.6 Å². The first-order valence-electron chi connectivity index (χ1n) is 9.35. The molecule has 28 heavy (non-hydrogen) atoms. The third-order valence-corrected chi connectivity index (χ3v) is 6.90. The van der Waals surface area contributed by atoms with Gasteiger partial charge in [-0.1, -0.05) is 36.6 Å². The van der Waals surface area contributed by atoms with Gasteiger partial charge in [0.05, 0.1) is 22.2 Å². The van der Waals surface area contributed by atoms with Crippen LogP contribution in [0.3, 0.4) is 0 Å². The second-order valence-electron chi connectivity index (χ2n) is 6.72. The molecule has 0 atom stereocenters. The molecule has 2 aromatic carbocycles. The molecule has 0 spiro atoms. The molecule has 1 aliphatic rings. The van der Waals surface area contributed by atoms with Crippen molar-refractivity contribution in [2.24, 2.45) is 0 Å². The van der Waals surface area contributed by atoms with E-state index in [9.17, 15) is 13.2 Å². The number of hydrogen-bond donors (Lipinski definition) is 2. The predicted octanol–water partition coefficient (Wildman–Crippen LogP) is 3.96. The van der Waals surface area contributed by atoms with Crippen LogP contribution in [-0.4, -0.2) is 38.3 Å². The van der Waals surface area contributed by atoms with E-state index in [1.165, 1.54) is 0 Å². The third kappa shape index (κ3) is 5.25. The van der Waals surface area contributed by atoms with Crippen LogP contribution in [0.25, 0.3) is 0 Å². The van der Waals surface area contributed by atoms with Crippen LogP contribution < -0.4 is 10.6 Å². The Labute approximate surface area is 170 Å². The van der Waals surface area contributed by atoms with Crippen LogP contribution in [0.5, 0.6) is 0 Å². The number of carbonyl (C=O) groups excluding carboxylic acids is 1. The summed E-state index contributed by atoms with van der Waals surface area (Å²) in [4.78, 5) is 12.3. The van der Waals surface area contributed by atoms with E-state index in [-0.39, 0.29) is 17.3 Å². The SMILES string of the molecule is O=C(CNc1ccc(S(=O)(=O)N2CCCCCC2)cc1)Nc1ccccc1Cl. The maximum absolute atomic E-state index is 12.8. The van der Waals surface area contributed by atoms with Gasteiger partial charge in [-0.2, -0.15) is 4.31 Å². The van der Waals surface area contributed by atoms with Crippen molar-refractivity contribution in [3.05, 3.63) is 53.6 Å². The zero-order chi connectivity index (χ0) is 20.0. The number of sulfonamides is 1. The summed E-state index contributed by atoms with van der Waals surface area (Å²) in [7, 11) is -3.47. The number of amides is 1. The standard InChI is InChI=1S/C20H24ClN3O3S/c21-18-7-3-4-8-19(18)23-20(25)15-22-16-9-11-17(12-10-16)28(26,27)24-13-5-1-2-6-14-24/h3-4,7-12,22H,1-2,5-6,13-15H2,(H,23,25). The Morgan fingerprint density at radius 3 is 2.25 bits per heavy atom. The topological polar surface area (TPSA) is 78.5 Å². The molecule has 2 aromatic rings. The van der Waals surface area contributed by atoms with Gasteiger partial charge in [0.1, 0.15) is 0 Å². The van der Waals surface area contributed by atoms with Crippen molar-refractivity contribution in [2.45, 2.75) is 30.6 Å². The van der Waals surface area contributed by atoms with Crippen LogP contribution in [0, 0.1) is 0 Å². The fraction of sp³-hybridized carbons (Fsp3) is 0.350. The molecule has 0 unspecified atom stereocenters. The molecule has 0 aliphatic carbocycles. The fourth-order valence-corrected chi connectivity index (χ4v) is 4.82. The monoisotopic (exact) mass is 421 g/mol. The van der Waals surface area contributed by atoms with Crippen LogP contribution >= 0.6 is 11.6 Å². The van der Waals surface area contributed by atoms with E-state index in [0.29, 0.717) is 29.5 Å². The van der Waals surface area contributed by atoms with Gasteiger partial charge >= 0.3 is 0 Å². The zero-order valence-electron chi connectivity index (χ0n) is 15.5. The predicted molar refractivity (Wildman–Crippen MR) is 112 cm³/mol. The Morgan fingerprint density at radius 1 is 0.964 bits per heavy atom. The highest BCUT2D eigenvalue weighted by Crippen LogP contribution is 2.22. The quantitative estimate of drug-likeness (QED) is 0.740. The molecule has 6 nitrogen and oxygen atoms in total. The summed E-state index contributed by atoms with van der Waals surface area (Å²) in [5.74, 6) is -0.241.